The van der Waals surface area contributed by atoms with Crippen LogP contribution in [-0.4, -0.2) is 39.5 Å². The molecule has 0 spiro atoms. The number of carbonyl (C=O) groups excluding carboxylic acids is 1. The van der Waals surface area contributed by atoms with Crippen LogP contribution in [0.3, 0.4) is 0 Å². The summed E-state index contributed by atoms with van der Waals surface area (Å²) in [4.78, 5) is 9.77. The van der Waals surface area contributed by atoms with Crippen molar-refractivity contribution in [1.29, 1.82) is 0 Å². The molecule has 0 heterocycles. The van der Waals surface area contributed by atoms with Gasteiger partial charge in [0.2, 0.25) is 0 Å². The zero-order valence-electron chi connectivity index (χ0n) is 6.91. The van der Waals surface area contributed by atoms with E-state index in [1.54, 1.807) is 14.0 Å². The smallest absolute Gasteiger partial charge is 0.154 e. The number of rotatable bonds is 7. The highest BCUT2D eigenvalue weighted by Gasteiger charge is 1.96. The maximum absolute atomic E-state index is 9.77. The molecule has 0 saturated carbocycles. The van der Waals surface area contributed by atoms with Crippen molar-refractivity contribution in [3.8, 4) is 0 Å². The first-order valence-electron chi connectivity index (χ1n) is 3.47. The summed E-state index contributed by atoms with van der Waals surface area (Å²) in [7, 11) is 1.57. The van der Waals surface area contributed by atoms with Crippen LogP contribution in [0.15, 0.2) is 0 Å². The van der Waals surface area contributed by atoms with E-state index in [0.717, 1.165) is 0 Å². The van der Waals surface area contributed by atoms with Gasteiger partial charge in [0.25, 0.3) is 0 Å². The zero-order valence-corrected chi connectivity index (χ0v) is 6.91. The minimum Gasteiger partial charge on any atom is -0.372 e. The van der Waals surface area contributed by atoms with E-state index in [-0.39, 0.29) is 12.9 Å². The SMILES string of the molecule is COC(C)OCCOCC=O. The van der Waals surface area contributed by atoms with E-state index in [9.17, 15) is 4.79 Å². The number of hydrogen-bond acceptors (Lipinski definition) is 4. The lowest BCUT2D eigenvalue weighted by molar-refractivity contribution is -0.125. The van der Waals surface area contributed by atoms with Gasteiger partial charge in [-0.1, -0.05) is 0 Å². The van der Waals surface area contributed by atoms with Crippen LogP contribution in [0.5, 0.6) is 0 Å². The fourth-order valence-corrected chi connectivity index (χ4v) is 0.472. The lowest BCUT2D eigenvalue weighted by atomic mass is 10.7. The van der Waals surface area contributed by atoms with E-state index in [1.807, 2.05) is 0 Å². The molecule has 0 saturated heterocycles. The first kappa shape index (κ1) is 10.6. The normalized spacial score (nSPS) is 12.9. The van der Waals surface area contributed by atoms with E-state index in [2.05, 4.69) is 0 Å². The second-order valence-electron chi connectivity index (χ2n) is 1.92. The summed E-state index contributed by atoms with van der Waals surface area (Å²) in [5.74, 6) is 0. The van der Waals surface area contributed by atoms with Gasteiger partial charge in [0.1, 0.15) is 12.9 Å². The van der Waals surface area contributed by atoms with E-state index in [0.29, 0.717) is 19.5 Å². The highest BCUT2D eigenvalue weighted by Crippen LogP contribution is 1.89. The number of hydrogen-bond donors (Lipinski definition) is 0. The van der Waals surface area contributed by atoms with E-state index < -0.39 is 0 Å². The van der Waals surface area contributed by atoms with Crippen molar-refractivity contribution >= 4 is 6.29 Å². The molecule has 4 nitrogen and oxygen atoms in total. The predicted octanol–water partition coefficient (Wildman–Crippen LogP) is 0.211. The largest absolute Gasteiger partial charge is 0.372 e. The summed E-state index contributed by atoms with van der Waals surface area (Å²) in [5, 5.41) is 0. The highest BCUT2D eigenvalue weighted by molar-refractivity contribution is 5.50. The lowest BCUT2D eigenvalue weighted by Gasteiger charge is -2.09. The summed E-state index contributed by atoms with van der Waals surface area (Å²) in [6, 6.07) is 0. The third-order valence-electron chi connectivity index (χ3n) is 1.10. The van der Waals surface area contributed by atoms with Crippen LogP contribution in [-0.2, 0) is 19.0 Å². The van der Waals surface area contributed by atoms with Crippen molar-refractivity contribution in [3.05, 3.63) is 0 Å². The molecular formula is C7H14O4. The van der Waals surface area contributed by atoms with Crippen LogP contribution in [0.25, 0.3) is 0 Å². The topological polar surface area (TPSA) is 44.8 Å². The Morgan fingerprint density at radius 2 is 2.18 bits per heavy atom. The monoisotopic (exact) mass is 162 g/mol. The van der Waals surface area contributed by atoms with Crippen molar-refractivity contribution < 1.29 is 19.0 Å². The van der Waals surface area contributed by atoms with Crippen LogP contribution in [0, 0.1) is 0 Å². The highest BCUT2D eigenvalue weighted by atomic mass is 16.7. The van der Waals surface area contributed by atoms with Crippen LogP contribution in [0.1, 0.15) is 6.92 Å². The molecule has 0 amide bonds. The maximum Gasteiger partial charge on any atom is 0.154 e. The number of ether oxygens (including phenoxy) is 3. The Balaban J connectivity index is 2.95. The molecule has 0 aromatic carbocycles. The van der Waals surface area contributed by atoms with E-state index in [1.165, 1.54) is 0 Å². The average Bonchev–Trinajstić information content (AvgIpc) is 2.04. The molecule has 0 rings (SSSR count). The van der Waals surface area contributed by atoms with E-state index in [4.69, 9.17) is 14.2 Å². The molecule has 1 unspecified atom stereocenters. The lowest BCUT2D eigenvalue weighted by Crippen LogP contribution is -2.14. The second kappa shape index (κ2) is 7.65. The minimum absolute atomic E-state index is 0.130. The third-order valence-corrected chi connectivity index (χ3v) is 1.10. The number of aldehydes is 1. The minimum atomic E-state index is -0.213. The van der Waals surface area contributed by atoms with Crippen molar-refractivity contribution in [2.45, 2.75) is 13.2 Å². The summed E-state index contributed by atoms with van der Waals surface area (Å²) < 4.78 is 14.7. The van der Waals surface area contributed by atoms with Gasteiger partial charge in [-0.15, -0.1) is 0 Å². The Hall–Kier alpha value is -0.450. The van der Waals surface area contributed by atoms with Gasteiger partial charge in [-0.05, 0) is 6.92 Å². The fourth-order valence-electron chi connectivity index (χ4n) is 0.472. The van der Waals surface area contributed by atoms with Crippen molar-refractivity contribution in [2.75, 3.05) is 26.9 Å². The Labute approximate surface area is 66.4 Å². The van der Waals surface area contributed by atoms with Gasteiger partial charge in [0, 0.05) is 7.11 Å². The van der Waals surface area contributed by atoms with Crippen LogP contribution >= 0.6 is 0 Å². The summed E-state index contributed by atoms with van der Waals surface area (Å²) in [5.41, 5.74) is 0. The van der Waals surface area contributed by atoms with Crippen LogP contribution in [0.2, 0.25) is 0 Å². The molecule has 0 aliphatic rings. The molecule has 0 bridgehead atoms. The summed E-state index contributed by atoms with van der Waals surface area (Å²) >= 11 is 0. The predicted molar refractivity (Wildman–Crippen MR) is 39.3 cm³/mol. The van der Waals surface area contributed by atoms with Gasteiger partial charge in [0.15, 0.2) is 6.29 Å². The molecule has 1 atom stereocenters. The Bertz CT molecular complexity index is 94.4. The quantitative estimate of drug-likeness (QED) is 0.305. The molecule has 0 fully saturated rings. The van der Waals surface area contributed by atoms with Gasteiger partial charge in [-0.3, -0.25) is 0 Å². The maximum atomic E-state index is 9.77. The molecule has 0 N–H and O–H groups in total. The molecule has 4 heteroatoms. The molecule has 0 aromatic rings. The van der Waals surface area contributed by atoms with Gasteiger partial charge in [-0.25, -0.2) is 0 Å². The fraction of sp³-hybridized carbons (Fsp3) is 0.857. The molecule has 0 aromatic heterocycles. The molecule has 11 heavy (non-hydrogen) atoms. The second-order valence-corrected chi connectivity index (χ2v) is 1.92. The average molecular weight is 162 g/mol. The summed E-state index contributed by atoms with van der Waals surface area (Å²) in [6.45, 7) is 2.79. The first-order chi connectivity index (χ1) is 5.31. The Kier molecular flexibility index (Phi) is 7.34. The third kappa shape index (κ3) is 7.45. The summed E-state index contributed by atoms with van der Waals surface area (Å²) in [6.07, 6.45) is 0.495. The Morgan fingerprint density at radius 3 is 2.73 bits per heavy atom. The standard InChI is InChI=1S/C7H14O4/c1-7(9-2)11-6-5-10-4-3-8/h3,7H,4-6H2,1-2H3. The molecule has 0 aliphatic carbocycles. The van der Waals surface area contributed by atoms with Crippen molar-refractivity contribution in [3.63, 3.8) is 0 Å². The Morgan fingerprint density at radius 1 is 1.45 bits per heavy atom. The van der Waals surface area contributed by atoms with Crippen molar-refractivity contribution in [1.82, 2.24) is 0 Å². The van der Waals surface area contributed by atoms with Crippen molar-refractivity contribution in [2.24, 2.45) is 0 Å². The molecular weight excluding hydrogens is 148 g/mol. The number of methoxy groups -OCH3 is 1. The molecule has 66 valence electrons. The van der Waals surface area contributed by atoms with Crippen LogP contribution < -0.4 is 0 Å². The van der Waals surface area contributed by atoms with Gasteiger partial charge in [-0.2, -0.15) is 0 Å². The van der Waals surface area contributed by atoms with Crippen LogP contribution in [0.4, 0.5) is 0 Å². The molecule has 0 aliphatic heterocycles. The van der Waals surface area contributed by atoms with E-state index >= 15 is 0 Å². The van der Waals surface area contributed by atoms with Gasteiger partial charge >= 0.3 is 0 Å². The van der Waals surface area contributed by atoms with Gasteiger partial charge in [0.05, 0.1) is 13.2 Å². The first-order valence-corrected chi connectivity index (χ1v) is 3.47. The molecule has 0 radical (unpaired) electrons. The van der Waals surface area contributed by atoms with Gasteiger partial charge < -0.3 is 19.0 Å². The number of carbonyl (C=O) groups is 1. The zero-order chi connectivity index (χ0) is 8.53.